The number of hydrogen-bond acceptors (Lipinski definition) is 7. The van der Waals surface area contributed by atoms with Crippen LogP contribution >= 0.6 is 23.2 Å². The summed E-state index contributed by atoms with van der Waals surface area (Å²) in [5.41, 5.74) is 10.9. The Kier molecular flexibility index (Phi) is 8.87. The van der Waals surface area contributed by atoms with Crippen molar-refractivity contribution in [1.82, 2.24) is 14.6 Å². The van der Waals surface area contributed by atoms with Gasteiger partial charge in [-0.2, -0.15) is 9.61 Å². The molecule has 0 bridgehead atoms. The fourth-order valence-corrected chi connectivity index (χ4v) is 5.21. The first kappa shape index (κ1) is 27.8. The minimum atomic E-state index is 0.473. The third-order valence-corrected chi connectivity index (χ3v) is 6.89. The number of nitrogens with two attached hydrogens (primary N) is 1. The van der Waals surface area contributed by atoms with E-state index in [9.17, 15) is 0 Å². The number of rotatable bonds is 11. The quantitative estimate of drug-likeness (QED) is 0.251. The molecule has 10 heteroatoms. The Bertz CT molecular complexity index is 1420. The summed E-state index contributed by atoms with van der Waals surface area (Å²) in [6.07, 6.45) is 0.773. The zero-order chi connectivity index (χ0) is 27.4. The predicted molar refractivity (Wildman–Crippen MR) is 154 cm³/mol. The van der Waals surface area contributed by atoms with Gasteiger partial charge in [0.1, 0.15) is 11.6 Å². The molecular formula is C28H33Cl2N5O3. The average molecular weight is 559 g/mol. The molecule has 4 aromatic rings. The van der Waals surface area contributed by atoms with Crippen LogP contribution in [0.25, 0.3) is 16.8 Å². The molecule has 0 saturated heterocycles. The van der Waals surface area contributed by atoms with Crippen molar-refractivity contribution in [1.29, 1.82) is 0 Å². The van der Waals surface area contributed by atoms with Crippen molar-refractivity contribution in [3.8, 4) is 28.4 Å². The van der Waals surface area contributed by atoms with Crippen LogP contribution in [0.2, 0.25) is 10.0 Å². The predicted octanol–water partition coefficient (Wildman–Crippen LogP) is 5.74. The van der Waals surface area contributed by atoms with Gasteiger partial charge in [0.2, 0.25) is 0 Å². The van der Waals surface area contributed by atoms with Gasteiger partial charge >= 0.3 is 0 Å². The van der Waals surface area contributed by atoms with E-state index < -0.39 is 0 Å². The first-order valence-electron chi connectivity index (χ1n) is 12.5. The molecule has 0 aliphatic rings. The lowest BCUT2D eigenvalue weighted by atomic mass is 10.1. The summed E-state index contributed by atoms with van der Waals surface area (Å²) in [6.45, 7) is 8.27. The van der Waals surface area contributed by atoms with Crippen molar-refractivity contribution in [3.05, 3.63) is 63.4 Å². The monoisotopic (exact) mass is 557 g/mol. The second kappa shape index (κ2) is 12.1. The van der Waals surface area contributed by atoms with Gasteiger partial charge in [0, 0.05) is 37.0 Å². The molecule has 2 aromatic carbocycles. The number of hydrogen-bond donors (Lipinski definition) is 1. The summed E-state index contributed by atoms with van der Waals surface area (Å²) in [5.74, 6) is 2.94. The van der Waals surface area contributed by atoms with Crippen LogP contribution in [0.3, 0.4) is 0 Å². The maximum absolute atomic E-state index is 6.67. The van der Waals surface area contributed by atoms with Crippen LogP contribution in [0.4, 0.5) is 5.82 Å². The number of halogens is 2. The Balaban J connectivity index is 1.74. The van der Waals surface area contributed by atoms with E-state index in [4.69, 9.17) is 53.2 Å². The minimum Gasteiger partial charge on any atom is -0.497 e. The summed E-state index contributed by atoms with van der Waals surface area (Å²) in [5, 5.41) is 5.80. The van der Waals surface area contributed by atoms with Crippen molar-refractivity contribution in [2.45, 2.75) is 27.2 Å². The highest BCUT2D eigenvalue weighted by Gasteiger charge is 2.23. The van der Waals surface area contributed by atoms with Crippen LogP contribution in [-0.2, 0) is 6.42 Å². The number of aromatic nitrogens is 3. The molecule has 0 atom stereocenters. The van der Waals surface area contributed by atoms with Gasteiger partial charge in [-0.15, -0.1) is 0 Å². The molecule has 4 rings (SSSR count). The van der Waals surface area contributed by atoms with E-state index in [1.54, 1.807) is 26.4 Å². The number of nitrogens with zero attached hydrogens (tertiary/aromatic N) is 4. The third-order valence-electron chi connectivity index (χ3n) is 6.30. The number of methoxy groups -OCH3 is 2. The fraction of sp³-hybridized carbons (Fsp3) is 0.357. The molecule has 0 fully saturated rings. The van der Waals surface area contributed by atoms with Crippen molar-refractivity contribution in [3.63, 3.8) is 0 Å². The van der Waals surface area contributed by atoms with Gasteiger partial charge in [0.15, 0.2) is 17.1 Å². The molecule has 0 aliphatic heterocycles. The van der Waals surface area contributed by atoms with Crippen molar-refractivity contribution >= 4 is 34.7 Å². The number of aryl methyl sites for hydroxylation is 2. The molecule has 0 amide bonds. The number of anilines is 1. The van der Waals surface area contributed by atoms with Crippen molar-refractivity contribution in [2.75, 3.05) is 45.4 Å². The Labute approximate surface area is 233 Å². The van der Waals surface area contributed by atoms with Gasteiger partial charge in [0.05, 0.1) is 42.1 Å². The summed E-state index contributed by atoms with van der Waals surface area (Å²) >= 11 is 13.3. The second-order valence-electron chi connectivity index (χ2n) is 8.86. The van der Waals surface area contributed by atoms with Gasteiger partial charge in [-0.05, 0) is 57.0 Å². The van der Waals surface area contributed by atoms with E-state index in [0.717, 1.165) is 46.3 Å². The molecule has 202 valence electrons. The van der Waals surface area contributed by atoms with E-state index >= 15 is 0 Å². The summed E-state index contributed by atoms with van der Waals surface area (Å²) < 4.78 is 18.4. The highest BCUT2D eigenvalue weighted by atomic mass is 35.5. The zero-order valence-corrected chi connectivity index (χ0v) is 23.9. The summed E-state index contributed by atoms with van der Waals surface area (Å²) in [7, 11) is 3.23. The molecule has 0 aliphatic carbocycles. The highest BCUT2D eigenvalue weighted by Crippen LogP contribution is 2.41. The molecule has 0 saturated carbocycles. The van der Waals surface area contributed by atoms with Crippen LogP contribution in [0.1, 0.15) is 23.9 Å². The van der Waals surface area contributed by atoms with Gasteiger partial charge < -0.3 is 24.8 Å². The van der Waals surface area contributed by atoms with E-state index in [-0.39, 0.29) is 0 Å². The second-order valence-corrected chi connectivity index (χ2v) is 9.68. The molecule has 38 heavy (non-hydrogen) atoms. The third kappa shape index (κ3) is 5.62. The van der Waals surface area contributed by atoms with E-state index in [1.165, 1.54) is 0 Å². The molecule has 2 aromatic heterocycles. The van der Waals surface area contributed by atoms with Gasteiger partial charge in [-0.3, -0.25) is 0 Å². The molecule has 0 radical (unpaired) electrons. The Morgan fingerprint density at radius 1 is 0.947 bits per heavy atom. The lowest BCUT2D eigenvalue weighted by molar-refractivity contribution is 0.310. The smallest absolute Gasteiger partial charge is 0.165 e. The molecule has 0 spiro atoms. The highest BCUT2D eigenvalue weighted by molar-refractivity contribution is 6.39. The molecule has 8 nitrogen and oxygen atoms in total. The lowest BCUT2D eigenvalue weighted by Gasteiger charge is -2.25. The maximum Gasteiger partial charge on any atom is 0.165 e. The van der Waals surface area contributed by atoms with Crippen LogP contribution in [0.15, 0.2) is 36.4 Å². The van der Waals surface area contributed by atoms with Crippen molar-refractivity contribution < 1.29 is 14.2 Å². The van der Waals surface area contributed by atoms with E-state index in [1.807, 2.05) is 43.5 Å². The minimum absolute atomic E-state index is 0.473. The van der Waals surface area contributed by atoms with Crippen molar-refractivity contribution in [2.24, 2.45) is 5.73 Å². The van der Waals surface area contributed by atoms with Crippen LogP contribution < -0.4 is 24.8 Å². The largest absolute Gasteiger partial charge is 0.497 e. The van der Waals surface area contributed by atoms with Crippen LogP contribution in [-0.4, -0.2) is 55.1 Å². The Morgan fingerprint density at radius 3 is 2.32 bits per heavy atom. The molecule has 0 unspecified atom stereocenters. The normalized spacial score (nSPS) is 11.2. The number of benzene rings is 2. The van der Waals surface area contributed by atoms with Crippen LogP contribution in [0.5, 0.6) is 17.2 Å². The van der Waals surface area contributed by atoms with Gasteiger partial charge in [-0.1, -0.05) is 29.3 Å². The molecule has 2 N–H and O–H groups in total. The van der Waals surface area contributed by atoms with E-state index in [0.29, 0.717) is 53.2 Å². The average Bonchev–Trinajstić information content (AvgIpc) is 3.21. The van der Waals surface area contributed by atoms with E-state index in [2.05, 4.69) is 11.0 Å². The maximum atomic E-state index is 6.67. The Morgan fingerprint density at radius 2 is 1.68 bits per heavy atom. The molecular weight excluding hydrogens is 525 g/mol. The SMILES string of the molecule is CCOc1ccc(CCN(CCN)c2cc(C)nc3c(-c4c(Cl)cc(OC)cc4Cl)c(C)nn23)cc1OC. The first-order valence-corrected chi connectivity index (χ1v) is 13.2. The van der Waals surface area contributed by atoms with Gasteiger partial charge in [0.25, 0.3) is 0 Å². The van der Waals surface area contributed by atoms with Gasteiger partial charge in [-0.25, -0.2) is 4.98 Å². The fourth-order valence-electron chi connectivity index (χ4n) is 4.55. The first-order chi connectivity index (χ1) is 18.3. The molecule has 2 heterocycles. The number of fused-ring (bicyclic) bond motifs is 1. The summed E-state index contributed by atoms with van der Waals surface area (Å²) in [6, 6.07) is 11.5. The number of ether oxygens (including phenoxy) is 3. The van der Waals surface area contributed by atoms with Crippen LogP contribution in [0, 0.1) is 13.8 Å². The Hall–Kier alpha value is -3.20. The topological polar surface area (TPSA) is 87.1 Å². The zero-order valence-electron chi connectivity index (χ0n) is 22.3. The lowest BCUT2D eigenvalue weighted by Crippen LogP contribution is -2.33. The summed E-state index contributed by atoms with van der Waals surface area (Å²) in [4.78, 5) is 7.05. The standard InChI is InChI=1S/C28H33Cl2N5O3/c1-6-38-23-8-7-19(14-24(23)37-5)9-11-34(12-10-31)25-13-17(2)32-28-26(18(3)33-35(25)28)27-21(29)15-20(36-4)16-22(27)30/h7-8,13-16H,6,9-12,31H2,1-5H3.